The molecule has 4 aromatic rings. The molecule has 2 aromatic carbocycles. The predicted octanol–water partition coefficient (Wildman–Crippen LogP) is 3.78. The second kappa shape index (κ2) is 9.44. The van der Waals surface area contributed by atoms with Crippen LogP contribution in [-0.2, 0) is 13.1 Å². The summed E-state index contributed by atoms with van der Waals surface area (Å²) in [4.78, 5) is 16.8. The normalized spacial score (nSPS) is 15.2. The first-order chi connectivity index (χ1) is 16.5. The van der Waals surface area contributed by atoms with Crippen molar-refractivity contribution >= 4 is 51.2 Å². The fourth-order valence-corrected chi connectivity index (χ4v) is 7.53. The number of hydrogen-bond acceptors (Lipinski definition) is 6. The van der Waals surface area contributed by atoms with Crippen LogP contribution in [0.5, 0.6) is 5.75 Å². The van der Waals surface area contributed by atoms with E-state index in [2.05, 4.69) is 58.3 Å². The van der Waals surface area contributed by atoms with Crippen LogP contribution in [0, 0.1) is 6.92 Å². The Hall–Kier alpha value is -2.81. The van der Waals surface area contributed by atoms with Crippen LogP contribution in [0.25, 0.3) is 11.1 Å². The lowest BCUT2D eigenvalue weighted by Gasteiger charge is -2.12. The van der Waals surface area contributed by atoms with Crippen molar-refractivity contribution in [3.63, 3.8) is 0 Å². The SMILES string of the molecule is CCn1c(=O)/c(=C2\Sc3cc(C)ccc3N2C)s/c1=C\c1scc[n+]1Cc1ccccc1OC. The Morgan fingerprint density at radius 2 is 2.00 bits per heavy atom. The monoisotopic (exact) mass is 508 g/mol. The van der Waals surface area contributed by atoms with Crippen LogP contribution in [0.3, 0.4) is 0 Å². The molecule has 0 spiro atoms. The van der Waals surface area contributed by atoms with E-state index < -0.39 is 0 Å². The van der Waals surface area contributed by atoms with E-state index in [1.807, 2.05) is 36.7 Å². The van der Waals surface area contributed by atoms with Gasteiger partial charge in [-0.25, -0.2) is 0 Å². The molecular formula is C26H26N3O2S3+. The Morgan fingerprint density at radius 3 is 2.79 bits per heavy atom. The van der Waals surface area contributed by atoms with Crippen LogP contribution in [0.15, 0.2) is 63.7 Å². The van der Waals surface area contributed by atoms with E-state index in [1.165, 1.54) is 10.5 Å². The predicted molar refractivity (Wildman–Crippen MR) is 143 cm³/mol. The maximum Gasteiger partial charge on any atom is 0.271 e. The van der Waals surface area contributed by atoms with Crippen molar-refractivity contribution < 1.29 is 9.30 Å². The average molecular weight is 509 g/mol. The maximum atomic E-state index is 13.4. The number of aryl methyl sites for hydroxylation is 1. The third-order valence-corrected chi connectivity index (χ3v) is 9.22. The smallest absolute Gasteiger partial charge is 0.271 e. The summed E-state index contributed by atoms with van der Waals surface area (Å²) in [5.74, 6) is 0.878. The highest BCUT2D eigenvalue weighted by molar-refractivity contribution is 8.08. The van der Waals surface area contributed by atoms with Crippen molar-refractivity contribution in [3.05, 3.63) is 89.7 Å². The van der Waals surface area contributed by atoms with E-state index in [9.17, 15) is 4.79 Å². The van der Waals surface area contributed by atoms with Crippen LogP contribution in [0.1, 0.15) is 23.1 Å². The van der Waals surface area contributed by atoms with Crippen molar-refractivity contribution in [2.75, 3.05) is 19.1 Å². The fraction of sp³-hybridized carbons (Fsp3) is 0.231. The molecule has 3 heterocycles. The third-order valence-electron chi connectivity index (χ3n) is 5.90. The molecule has 5 nitrogen and oxygen atoms in total. The Morgan fingerprint density at radius 1 is 1.18 bits per heavy atom. The molecule has 0 atom stereocenters. The highest BCUT2D eigenvalue weighted by Gasteiger charge is 2.25. The lowest BCUT2D eigenvalue weighted by atomic mass is 10.2. The number of thiazole rings is 2. The molecule has 8 heteroatoms. The molecule has 1 aliphatic heterocycles. The molecule has 0 amide bonds. The van der Waals surface area contributed by atoms with Gasteiger partial charge in [-0.1, -0.05) is 41.3 Å². The van der Waals surface area contributed by atoms with Crippen LogP contribution in [0.2, 0.25) is 0 Å². The van der Waals surface area contributed by atoms with Gasteiger partial charge in [-0.3, -0.25) is 9.36 Å². The van der Waals surface area contributed by atoms with E-state index in [0.29, 0.717) is 13.1 Å². The molecule has 0 unspecified atom stereocenters. The van der Waals surface area contributed by atoms with Crippen molar-refractivity contribution in [1.82, 2.24) is 4.57 Å². The zero-order valence-corrected chi connectivity index (χ0v) is 22.0. The number of anilines is 1. The van der Waals surface area contributed by atoms with Gasteiger partial charge in [0.1, 0.15) is 20.0 Å². The van der Waals surface area contributed by atoms with E-state index in [0.717, 1.165) is 36.2 Å². The maximum absolute atomic E-state index is 13.4. The average Bonchev–Trinajstić information content (AvgIpc) is 3.50. The molecule has 34 heavy (non-hydrogen) atoms. The number of nitrogens with zero attached hydrogens (tertiary/aromatic N) is 3. The molecule has 0 saturated heterocycles. The van der Waals surface area contributed by atoms with Gasteiger partial charge in [-0.15, -0.1) is 11.3 Å². The van der Waals surface area contributed by atoms with Crippen LogP contribution in [-0.4, -0.2) is 18.7 Å². The van der Waals surface area contributed by atoms with Crippen LogP contribution < -0.4 is 29.0 Å². The minimum Gasteiger partial charge on any atom is -0.496 e. The fourth-order valence-electron chi connectivity index (χ4n) is 4.11. The number of benzene rings is 2. The van der Waals surface area contributed by atoms with Crippen LogP contribution in [0.4, 0.5) is 5.69 Å². The first-order valence-corrected chi connectivity index (χ1v) is 13.6. The lowest BCUT2D eigenvalue weighted by Crippen LogP contribution is -2.36. The zero-order valence-electron chi connectivity index (χ0n) is 19.6. The lowest BCUT2D eigenvalue weighted by molar-refractivity contribution is -0.685. The summed E-state index contributed by atoms with van der Waals surface area (Å²) < 4.78 is 11.4. The van der Waals surface area contributed by atoms with Crippen molar-refractivity contribution in [3.8, 4) is 5.75 Å². The molecule has 174 valence electrons. The molecule has 1 aliphatic rings. The molecule has 0 N–H and O–H groups in total. The summed E-state index contributed by atoms with van der Waals surface area (Å²) in [6.07, 6.45) is 4.22. The van der Waals surface area contributed by atoms with Crippen molar-refractivity contribution in [2.24, 2.45) is 0 Å². The Balaban J connectivity index is 1.60. The van der Waals surface area contributed by atoms with Crippen molar-refractivity contribution in [1.29, 1.82) is 0 Å². The van der Waals surface area contributed by atoms with Gasteiger partial charge in [-0.2, -0.15) is 4.57 Å². The standard InChI is InChI=1S/C26H26N3O2S3/c1-5-29-23(15-22-28(12-13-32-22)16-18-8-6-7-9-20(18)31-4)34-24(25(29)30)26-27(3)19-11-10-17(2)14-21(19)33-26/h6-15H,5,16H2,1-4H3/q+1/b26-24+. The summed E-state index contributed by atoms with van der Waals surface area (Å²) in [6, 6.07) is 14.5. The number of thioether (sulfide) groups is 1. The van der Waals surface area contributed by atoms with Crippen LogP contribution >= 0.6 is 34.4 Å². The number of para-hydroxylation sites is 1. The van der Waals surface area contributed by atoms with E-state index in [-0.39, 0.29) is 5.56 Å². The molecule has 0 radical (unpaired) electrons. The van der Waals surface area contributed by atoms with Gasteiger partial charge in [0.15, 0.2) is 12.7 Å². The summed E-state index contributed by atoms with van der Waals surface area (Å²) in [5.41, 5.74) is 3.57. The number of fused-ring (bicyclic) bond motifs is 1. The zero-order chi connectivity index (χ0) is 23.8. The van der Waals surface area contributed by atoms with Gasteiger partial charge in [0.2, 0.25) is 0 Å². The molecule has 0 aliphatic carbocycles. The Labute approximate surface area is 210 Å². The minimum atomic E-state index is 0.0745. The van der Waals surface area contributed by atoms with Gasteiger partial charge < -0.3 is 9.64 Å². The molecule has 0 fully saturated rings. The second-order valence-electron chi connectivity index (χ2n) is 8.08. The first-order valence-electron chi connectivity index (χ1n) is 11.1. The topological polar surface area (TPSA) is 38.4 Å². The van der Waals surface area contributed by atoms with Gasteiger partial charge >= 0.3 is 0 Å². The van der Waals surface area contributed by atoms with Gasteiger partial charge in [-0.05, 0) is 43.7 Å². The Kier molecular flexibility index (Phi) is 6.38. The summed E-state index contributed by atoms with van der Waals surface area (Å²) in [5, 5.41) is 4.18. The molecule has 5 rings (SSSR count). The molecule has 0 saturated carbocycles. The van der Waals surface area contributed by atoms with Crippen molar-refractivity contribution in [2.45, 2.75) is 31.8 Å². The highest BCUT2D eigenvalue weighted by atomic mass is 32.2. The molecular weight excluding hydrogens is 483 g/mol. The summed E-state index contributed by atoms with van der Waals surface area (Å²) in [6.45, 7) is 5.47. The van der Waals surface area contributed by atoms with Gasteiger partial charge in [0.05, 0.1) is 29.8 Å². The second-order valence-corrected chi connectivity index (χ2v) is 11.1. The number of hydrogen-bond donors (Lipinski definition) is 0. The van der Waals surface area contributed by atoms with E-state index in [4.69, 9.17) is 4.74 Å². The largest absolute Gasteiger partial charge is 0.496 e. The molecule has 0 bridgehead atoms. The minimum absolute atomic E-state index is 0.0745. The Bertz CT molecular complexity index is 1550. The van der Waals surface area contributed by atoms with Gasteiger partial charge in [0, 0.05) is 18.5 Å². The molecule has 2 aromatic heterocycles. The summed E-state index contributed by atoms with van der Waals surface area (Å²) in [7, 11) is 3.75. The quantitative estimate of drug-likeness (QED) is 0.385. The number of aromatic nitrogens is 2. The van der Waals surface area contributed by atoms with E-state index >= 15 is 0 Å². The number of ether oxygens (including phenoxy) is 1. The number of rotatable bonds is 5. The first kappa shape index (κ1) is 23.0. The number of methoxy groups -OCH3 is 1. The summed E-state index contributed by atoms with van der Waals surface area (Å²) >= 11 is 4.93. The van der Waals surface area contributed by atoms with Gasteiger partial charge in [0.25, 0.3) is 10.6 Å². The van der Waals surface area contributed by atoms with E-state index in [1.54, 1.807) is 41.5 Å². The third kappa shape index (κ3) is 4.10. The highest BCUT2D eigenvalue weighted by Crippen LogP contribution is 2.45.